The van der Waals surface area contributed by atoms with Crippen molar-refractivity contribution in [2.45, 2.75) is 25.5 Å². The standard InChI is InChI=1S/C12H13FN2S/c1-12(2,3)16-15-8-10-4-9(7-14)5-11(13)6-10/h4-6,8H,1-3H3/b15-8+. The maximum Gasteiger partial charge on any atom is 0.125 e. The predicted octanol–water partition coefficient (Wildman–Crippen LogP) is 3.56. The van der Waals surface area contributed by atoms with Gasteiger partial charge in [0.15, 0.2) is 0 Å². The third-order valence-corrected chi connectivity index (χ3v) is 2.34. The molecule has 0 aromatic heterocycles. The van der Waals surface area contributed by atoms with E-state index in [1.54, 1.807) is 12.3 Å². The minimum atomic E-state index is -0.416. The van der Waals surface area contributed by atoms with Crippen molar-refractivity contribution in [3.8, 4) is 6.07 Å². The number of benzene rings is 1. The highest BCUT2D eigenvalue weighted by Crippen LogP contribution is 2.23. The first-order valence-corrected chi connectivity index (χ1v) is 5.60. The van der Waals surface area contributed by atoms with Crippen molar-refractivity contribution in [3.05, 3.63) is 35.1 Å². The molecule has 2 nitrogen and oxygen atoms in total. The third kappa shape index (κ3) is 4.45. The average molecular weight is 236 g/mol. The largest absolute Gasteiger partial charge is 0.223 e. The lowest BCUT2D eigenvalue weighted by atomic mass is 10.1. The van der Waals surface area contributed by atoms with E-state index in [4.69, 9.17) is 5.26 Å². The van der Waals surface area contributed by atoms with Gasteiger partial charge in [-0.15, -0.1) is 0 Å². The van der Waals surface area contributed by atoms with Crippen molar-refractivity contribution >= 4 is 18.2 Å². The Hall–Kier alpha value is -1.34. The Morgan fingerprint density at radius 1 is 1.38 bits per heavy atom. The Bertz CT molecular complexity index is 441. The van der Waals surface area contributed by atoms with Crippen molar-refractivity contribution in [1.29, 1.82) is 5.26 Å². The second-order valence-electron chi connectivity index (χ2n) is 4.32. The molecule has 0 aliphatic rings. The van der Waals surface area contributed by atoms with Gasteiger partial charge in [0.25, 0.3) is 0 Å². The van der Waals surface area contributed by atoms with E-state index in [1.165, 1.54) is 24.1 Å². The highest BCUT2D eigenvalue weighted by atomic mass is 32.2. The van der Waals surface area contributed by atoms with Crippen molar-refractivity contribution in [2.24, 2.45) is 4.40 Å². The number of nitrogens with zero attached hydrogens (tertiary/aromatic N) is 2. The normalized spacial score (nSPS) is 11.7. The van der Waals surface area contributed by atoms with Gasteiger partial charge in [0.2, 0.25) is 0 Å². The monoisotopic (exact) mass is 236 g/mol. The number of nitriles is 1. The molecule has 4 heteroatoms. The molecule has 0 radical (unpaired) electrons. The number of hydrogen-bond acceptors (Lipinski definition) is 3. The van der Waals surface area contributed by atoms with Crippen LogP contribution in [0.2, 0.25) is 0 Å². The van der Waals surface area contributed by atoms with Crippen LogP contribution in [0.5, 0.6) is 0 Å². The quantitative estimate of drug-likeness (QED) is 0.581. The highest BCUT2D eigenvalue weighted by molar-refractivity contribution is 7.99. The Morgan fingerprint density at radius 2 is 2.06 bits per heavy atom. The summed E-state index contributed by atoms with van der Waals surface area (Å²) in [6.07, 6.45) is 1.57. The maximum atomic E-state index is 13.1. The van der Waals surface area contributed by atoms with Gasteiger partial charge in [-0.1, -0.05) is 0 Å². The number of hydrogen-bond donors (Lipinski definition) is 0. The second kappa shape index (κ2) is 5.13. The molecule has 0 saturated heterocycles. The van der Waals surface area contributed by atoms with E-state index in [1.807, 2.05) is 26.8 Å². The smallest absolute Gasteiger partial charge is 0.125 e. The van der Waals surface area contributed by atoms with E-state index in [0.29, 0.717) is 11.1 Å². The lowest BCUT2D eigenvalue weighted by Crippen LogP contribution is -2.05. The summed E-state index contributed by atoms with van der Waals surface area (Å²) in [5.74, 6) is -0.416. The fraction of sp³-hybridized carbons (Fsp3) is 0.333. The van der Waals surface area contributed by atoms with E-state index in [9.17, 15) is 4.39 Å². The molecule has 0 saturated carbocycles. The summed E-state index contributed by atoms with van der Waals surface area (Å²) in [6.45, 7) is 6.13. The van der Waals surface area contributed by atoms with Crippen LogP contribution in [-0.4, -0.2) is 11.0 Å². The SMILES string of the molecule is CC(C)(C)S/N=C/c1cc(F)cc(C#N)c1. The summed E-state index contributed by atoms with van der Waals surface area (Å²) in [4.78, 5) is 0. The van der Waals surface area contributed by atoms with Crippen molar-refractivity contribution in [3.63, 3.8) is 0 Å². The molecule has 0 atom stereocenters. The molecule has 1 rings (SSSR count). The summed E-state index contributed by atoms with van der Waals surface area (Å²) < 4.78 is 17.2. The maximum absolute atomic E-state index is 13.1. The molecule has 0 N–H and O–H groups in total. The van der Waals surface area contributed by atoms with Gasteiger partial charge in [-0.2, -0.15) is 5.26 Å². The zero-order valence-electron chi connectivity index (χ0n) is 9.49. The molecule has 0 unspecified atom stereocenters. The van der Waals surface area contributed by atoms with Crippen LogP contribution in [0, 0.1) is 17.1 Å². The summed E-state index contributed by atoms with van der Waals surface area (Å²) in [5.41, 5.74) is 0.913. The first-order valence-electron chi connectivity index (χ1n) is 4.83. The van der Waals surface area contributed by atoms with E-state index < -0.39 is 5.82 Å². The van der Waals surface area contributed by atoms with Gasteiger partial charge in [-0.25, -0.2) is 8.79 Å². The van der Waals surface area contributed by atoms with Crippen molar-refractivity contribution in [1.82, 2.24) is 0 Å². The molecular weight excluding hydrogens is 223 g/mol. The van der Waals surface area contributed by atoms with E-state index >= 15 is 0 Å². The van der Waals surface area contributed by atoms with Crippen LogP contribution in [0.3, 0.4) is 0 Å². The molecule has 0 amide bonds. The van der Waals surface area contributed by atoms with Gasteiger partial charge < -0.3 is 0 Å². The highest BCUT2D eigenvalue weighted by Gasteiger charge is 2.09. The van der Waals surface area contributed by atoms with Gasteiger partial charge in [-0.05, 0) is 56.5 Å². The van der Waals surface area contributed by atoms with Crippen LogP contribution < -0.4 is 0 Å². The van der Waals surface area contributed by atoms with Crippen LogP contribution in [0.15, 0.2) is 22.6 Å². The lowest BCUT2D eigenvalue weighted by molar-refractivity contribution is 0.627. The first-order chi connectivity index (χ1) is 7.40. The number of halogens is 1. The molecular formula is C12H13FN2S. The Labute approximate surface area is 99.3 Å². The summed E-state index contributed by atoms with van der Waals surface area (Å²) in [7, 11) is 0. The number of rotatable bonds is 2. The van der Waals surface area contributed by atoms with Crippen molar-refractivity contribution < 1.29 is 4.39 Å². The Balaban J connectivity index is 2.82. The third-order valence-electron chi connectivity index (χ3n) is 1.58. The van der Waals surface area contributed by atoms with E-state index in [2.05, 4.69) is 4.40 Å². The van der Waals surface area contributed by atoms with E-state index in [-0.39, 0.29) is 4.75 Å². The van der Waals surface area contributed by atoms with E-state index in [0.717, 1.165) is 0 Å². The Kier molecular flexibility index (Phi) is 4.08. The van der Waals surface area contributed by atoms with Gasteiger partial charge in [0, 0.05) is 11.0 Å². The van der Waals surface area contributed by atoms with Crippen molar-refractivity contribution in [2.75, 3.05) is 0 Å². The molecule has 0 fully saturated rings. The fourth-order valence-electron chi connectivity index (χ4n) is 0.997. The molecule has 0 heterocycles. The lowest BCUT2D eigenvalue weighted by Gasteiger charge is -2.12. The molecule has 1 aromatic rings. The topological polar surface area (TPSA) is 36.1 Å². The molecule has 0 aliphatic heterocycles. The summed E-state index contributed by atoms with van der Waals surface area (Å²) >= 11 is 1.41. The van der Waals surface area contributed by atoms with Gasteiger partial charge in [-0.3, -0.25) is 0 Å². The minimum absolute atomic E-state index is 0.0296. The minimum Gasteiger partial charge on any atom is -0.223 e. The molecule has 84 valence electrons. The molecule has 16 heavy (non-hydrogen) atoms. The zero-order valence-corrected chi connectivity index (χ0v) is 10.3. The van der Waals surface area contributed by atoms with Crippen LogP contribution in [-0.2, 0) is 0 Å². The van der Waals surface area contributed by atoms with Crippen LogP contribution in [0.25, 0.3) is 0 Å². The van der Waals surface area contributed by atoms with Crippen LogP contribution in [0.1, 0.15) is 31.9 Å². The van der Waals surface area contributed by atoms with Crippen LogP contribution >= 0.6 is 11.9 Å². The van der Waals surface area contributed by atoms with Gasteiger partial charge >= 0.3 is 0 Å². The Morgan fingerprint density at radius 3 is 2.62 bits per heavy atom. The zero-order chi connectivity index (χ0) is 12.2. The summed E-state index contributed by atoms with van der Waals surface area (Å²) in [5, 5.41) is 8.67. The van der Waals surface area contributed by atoms with Crippen LogP contribution in [0.4, 0.5) is 4.39 Å². The molecule has 0 spiro atoms. The fourth-order valence-corrected chi connectivity index (χ4v) is 1.49. The van der Waals surface area contributed by atoms with Gasteiger partial charge in [0.1, 0.15) is 5.82 Å². The van der Waals surface area contributed by atoms with Gasteiger partial charge in [0.05, 0.1) is 11.6 Å². The molecule has 0 bridgehead atoms. The first kappa shape index (κ1) is 12.7. The predicted molar refractivity (Wildman–Crippen MR) is 66.1 cm³/mol. The molecule has 1 aromatic carbocycles. The summed E-state index contributed by atoms with van der Waals surface area (Å²) in [6, 6.07) is 6.07. The second-order valence-corrected chi connectivity index (χ2v) is 5.94. The average Bonchev–Trinajstić information content (AvgIpc) is 2.14. The molecule has 0 aliphatic carbocycles.